The van der Waals surface area contributed by atoms with Crippen molar-refractivity contribution in [1.82, 2.24) is 0 Å². The lowest BCUT2D eigenvalue weighted by atomic mass is 9.49. The van der Waals surface area contributed by atoms with Gasteiger partial charge in [0.25, 0.3) is 12.2 Å². The first kappa shape index (κ1) is 105. The van der Waals surface area contributed by atoms with Crippen LogP contribution in [0.15, 0.2) is 329 Å². The van der Waals surface area contributed by atoms with Crippen molar-refractivity contribution in [3.63, 3.8) is 0 Å². The molecule has 9 saturated carbocycles. The molecule has 10 aliphatic rings. The number of halogens is 16. The third kappa shape index (κ3) is 23.7. The fraction of sp³-hybridized carbons (Fsp3) is 0.361. The number of para-hydroxylation sites is 2. The maximum absolute atomic E-state index is 13.7. The quantitative estimate of drug-likeness (QED) is 0.0210. The van der Waals surface area contributed by atoms with Crippen LogP contribution in [0.3, 0.4) is 0 Å². The molecule has 2 N–H and O–H groups in total. The number of rotatable bonds is 22. The zero-order chi connectivity index (χ0) is 99.2. The van der Waals surface area contributed by atoms with Gasteiger partial charge in [0.05, 0.1) is 32.6 Å². The topological polar surface area (TPSA) is 271 Å². The fourth-order valence-electron chi connectivity index (χ4n) is 19.6. The van der Waals surface area contributed by atoms with E-state index >= 15 is 0 Å². The molecule has 0 amide bonds. The van der Waals surface area contributed by atoms with Gasteiger partial charge in [-0.2, -0.15) is 95.5 Å². The lowest BCUT2D eigenvalue weighted by Crippen LogP contribution is -2.61. The van der Waals surface area contributed by atoms with Crippen LogP contribution in [0, 0.1) is 46.3 Å². The molecule has 137 heavy (non-hydrogen) atoms. The van der Waals surface area contributed by atoms with Crippen LogP contribution in [0.4, 0.5) is 70.2 Å². The van der Waals surface area contributed by atoms with Gasteiger partial charge in [-0.3, -0.25) is 18.7 Å². The molecule has 0 radical (unpaired) electrons. The number of carbonyl (C=O) groups is 2. The van der Waals surface area contributed by atoms with Crippen LogP contribution in [0.1, 0.15) is 121 Å². The van der Waals surface area contributed by atoms with Gasteiger partial charge in [0.1, 0.15) is 16.6 Å². The molecule has 0 saturated heterocycles. The Bertz CT molecular complexity index is 5710. The second-order valence-electron chi connectivity index (χ2n) is 34.7. The van der Waals surface area contributed by atoms with Crippen molar-refractivity contribution in [1.29, 1.82) is 0 Å². The number of hydrogen-bond donors (Lipinski definition) is 2. The van der Waals surface area contributed by atoms with Crippen LogP contribution in [-0.4, -0.2) is 111 Å². The van der Waals surface area contributed by atoms with Gasteiger partial charge in [-0.15, -0.1) is 0 Å². The summed E-state index contributed by atoms with van der Waals surface area (Å²) in [5.74, 6) is -7.94. The van der Waals surface area contributed by atoms with Crippen LogP contribution < -0.4 is 8.92 Å². The van der Waals surface area contributed by atoms with E-state index in [0.717, 1.165) is 99.8 Å². The van der Waals surface area contributed by atoms with Crippen LogP contribution in [0.25, 0.3) is 0 Å². The van der Waals surface area contributed by atoms with E-state index in [2.05, 4.69) is 250 Å². The standard InChI is InChI=1S/C18H13OS.2C18H15S.C15H16F6O6S2.2C14H17F5O5S/c1-2-8-14(9-3-1)20-17-12-6-4-10-15(17)19-16-11-5-7-13-18(16)20;2*1-4-10-16(11-5-1)19(17-12-6-2-7-13-17)18-14-8-3-9-15-18;16-13(17,14(18,19)28(22,23)24)15(20,21)29(25,26)27-12-8-6-11(7-9-12)10-4-2-1-3-5-10;2*15-13(16,17)10(14(18,19)25(21,22)23)24-11(20)12-4-7-1-8(5-12)3-9(2-7)6-12/h1-13H;2*1-15H;6-10H,1-5H2,(H,22,23,24);2*7-10H,1-6H2,(H,21,22,23)/q3*+1;;;/p-1. The number of fused-ring (bicyclic) bond motifs is 2. The normalized spacial score (nSPS) is 21.9. The molecule has 1 heterocycles. The Kier molecular flexibility index (Phi) is 32.1. The first-order chi connectivity index (χ1) is 64.4. The average molecular weight is 2060 g/mol. The van der Waals surface area contributed by atoms with E-state index in [-0.39, 0.29) is 113 Å². The Morgan fingerprint density at radius 3 is 0.912 bits per heavy atom. The maximum Gasteiger partial charge on any atom is 0.450 e. The molecule has 17 nitrogen and oxygen atoms in total. The monoisotopic (exact) mass is 2060 g/mol. The van der Waals surface area contributed by atoms with Crippen LogP contribution in [0.2, 0.25) is 0 Å². The molecule has 734 valence electrons. The summed E-state index contributed by atoms with van der Waals surface area (Å²) >= 11 is 0. The lowest BCUT2D eigenvalue weighted by molar-refractivity contribution is -0.266. The smallest absolute Gasteiger partial charge is 0.450 e. The third-order valence-electron chi connectivity index (χ3n) is 25.0. The molecule has 1 aliphatic heterocycles. The van der Waals surface area contributed by atoms with E-state index in [4.69, 9.17) is 13.8 Å². The number of ether oxygens (including phenoxy) is 3. The summed E-state index contributed by atoms with van der Waals surface area (Å²) in [6.45, 7) is 0. The summed E-state index contributed by atoms with van der Waals surface area (Å²) in [6, 6.07) is 96.0. The zero-order valence-corrected chi connectivity index (χ0v) is 78.0. The number of alkyl halides is 16. The molecular weight excluding hydrogens is 1970 g/mol. The van der Waals surface area contributed by atoms with Gasteiger partial charge >= 0.3 is 81.6 Å². The van der Waals surface area contributed by atoms with Gasteiger partial charge in [0, 0.05) is 0 Å². The summed E-state index contributed by atoms with van der Waals surface area (Å²) in [4.78, 5) is 36.8. The molecule has 9 aliphatic carbocycles. The van der Waals surface area contributed by atoms with E-state index < -0.39 is 120 Å². The highest BCUT2D eigenvalue weighted by Gasteiger charge is 2.81. The highest BCUT2D eigenvalue weighted by atomic mass is 32.2. The van der Waals surface area contributed by atoms with E-state index in [0.29, 0.717) is 0 Å². The second-order valence-corrected chi connectivity index (χ2v) is 46.7. The molecule has 2 unspecified atom stereocenters. The Morgan fingerprint density at radius 1 is 0.372 bits per heavy atom. The molecule has 0 aromatic heterocycles. The van der Waals surface area contributed by atoms with Gasteiger partial charge in [0.2, 0.25) is 9.79 Å². The van der Waals surface area contributed by atoms with Crippen LogP contribution in [-0.2, 0) is 92.2 Å². The Morgan fingerprint density at radius 2 is 0.642 bits per heavy atom. The molecule has 20 rings (SSSR count). The second kappa shape index (κ2) is 42.0. The molecule has 10 aromatic carbocycles. The lowest BCUT2D eigenvalue weighted by Gasteiger charge is -2.55. The third-order valence-corrected chi connectivity index (χ3v) is 35.8. The summed E-state index contributed by atoms with van der Waals surface area (Å²) in [7, 11) is -27.1. The van der Waals surface area contributed by atoms with Gasteiger partial charge < -0.3 is 22.9 Å². The maximum atomic E-state index is 13.7. The average Bonchev–Trinajstić information content (AvgIpc) is 0.545. The molecule has 8 bridgehead atoms. The molecule has 40 heteroatoms. The van der Waals surface area contributed by atoms with Crippen molar-refractivity contribution in [3.8, 4) is 17.2 Å². The molecule has 9 fully saturated rings. The zero-order valence-electron chi connectivity index (χ0n) is 72.3. The van der Waals surface area contributed by atoms with Crippen molar-refractivity contribution in [2.75, 3.05) is 0 Å². The molecule has 10 aromatic rings. The van der Waals surface area contributed by atoms with Crippen molar-refractivity contribution >= 4 is 85.1 Å². The number of benzene rings is 10. The molecule has 2 atom stereocenters. The Balaban J connectivity index is 0.000000140. The van der Waals surface area contributed by atoms with Gasteiger partial charge in [-0.1, -0.05) is 183 Å². The summed E-state index contributed by atoms with van der Waals surface area (Å²) in [6.07, 6.45) is -8.83. The van der Waals surface area contributed by atoms with Crippen molar-refractivity contribution in [2.24, 2.45) is 46.3 Å². The molecule has 0 spiro atoms. The van der Waals surface area contributed by atoms with Gasteiger partial charge in [-0.25, -0.2) is 8.42 Å². The minimum Gasteiger partial charge on any atom is -0.743 e. The van der Waals surface area contributed by atoms with Crippen molar-refractivity contribution in [2.45, 2.75) is 211 Å². The minimum absolute atomic E-state index is 0.0146. The van der Waals surface area contributed by atoms with E-state index in [9.17, 15) is 118 Å². The summed E-state index contributed by atoms with van der Waals surface area (Å²) in [5.41, 5.74) is -1.82. The number of hydrogen-bond acceptors (Lipinski definition) is 15. The molecular formula is C97H92F16O17S7+2. The Labute approximate surface area is 790 Å². The van der Waals surface area contributed by atoms with Crippen LogP contribution in [0.5, 0.6) is 17.2 Å². The van der Waals surface area contributed by atoms with Crippen molar-refractivity contribution in [3.05, 3.63) is 291 Å². The number of esters is 2. The largest absolute Gasteiger partial charge is 0.743 e. The fourth-order valence-corrected chi connectivity index (χ4v) is 28.4. The predicted molar refractivity (Wildman–Crippen MR) is 477 cm³/mol. The van der Waals surface area contributed by atoms with Gasteiger partial charge in [0.15, 0.2) is 55.9 Å². The SMILES string of the molecule is O=C(OC(C(F)(F)F)C(F)(F)S(=O)(=O)O)C12CC3CC(CC(C3)C1)C2.O=C(OC(C(F)(F)F)C(F)(F)S(=O)(=O)O)C12CC3CC(CC(C3)C1)C2.O=S(=O)([O-])C(F)(F)C(F)(F)C(F)(F)S(=O)(=O)Oc1ccc(C2CCCCC2)cc1.c1ccc([S+](c2ccccc2)c2ccccc2)cc1.c1ccc([S+](c2ccccc2)c2ccccc2)cc1.c1ccc([S+]2c3ccccc3Oc3ccccc32)cc1. The summed E-state index contributed by atoms with van der Waals surface area (Å²) < 4.78 is 344. The minimum atomic E-state index is -7.33. The van der Waals surface area contributed by atoms with E-state index in [1.165, 1.54) is 56.2 Å². The van der Waals surface area contributed by atoms with Crippen molar-refractivity contribution < 1.29 is 146 Å². The first-order valence-electron chi connectivity index (χ1n) is 43.2. The Hall–Kier alpha value is -9.65. The predicted octanol–water partition coefficient (Wildman–Crippen LogP) is 24.6. The summed E-state index contributed by atoms with van der Waals surface area (Å²) in [5, 5.41) is -25.0. The highest BCUT2D eigenvalue weighted by Crippen LogP contribution is 2.63. The van der Waals surface area contributed by atoms with Gasteiger partial charge in [-0.05, 0) is 258 Å². The van der Waals surface area contributed by atoms with Crippen LogP contribution >= 0.6 is 0 Å². The van der Waals surface area contributed by atoms with E-state index in [1.54, 1.807) is 0 Å². The van der Waals surface area contributed by atoms with E-state index in [1.807, 2.05) is 24.3 Å². The highest BCUT2D eigenvalue weighted by molar-refractivity contribution is 7.98. The number of carbonyl (C=O) groups excluding carboxylic acids is 2. The first-order valence-corrected chi connectivity index (χ1v) is 52.6.